The number of β-amino-alcohol motifs (C(OH)–C–C–N with tert-alkyl or cyclic N) is 1. The second-order valence-corrected chi connectivity index (χ2v) is 9.18. The third kappa shape index (κ3) is 6.40. The topological polar surface area (TPSA) is 131 Å². The number of nitrogens with zero attached hydrogens (tertiary/aromatic N) is 3. The number of nitrogens with two attached hydrogens (primary N) is 1. The van der Waals surface area contributed by atoms with Crippen molar-refractivity contribution in [2.45, 2.75) is 11.4 Å². The van der Waals surface area contributed by atoms with Crippen LogP contribution in [0.1, 0.15) is 20.8 Å². The zero-order valence-electron chi connectivity index (χ0n) is 17.9. The molecule has 0 saturated carbocycles. The average molecular weight is 569 g/mol. The van der Waals surface area contributed by atoms with Crippen LogP contribution in [0, 0.1) is 12.3 Å². The van der Waals surface area contributed by atoms with Crippen molar-refractivity contribution in [1.82, 2.24) is 14.8 Å². The van der Waals surface area contributed by atoms with E-state index in [-0.39, 0.29) is 12.5 Å². The number of aromatic nitrogens is 1. The van der Waals surface area contributed by atoms with Crippen LogP contribution in [0.15, 0.2) is 36.3 Å². The van der Waals surface area contributed by atoms with Crippen molar-refractivity contribution in [3.05, 3.63) is 52.3 Å². The van der Waals surface area contributed by atoms with Gasteiger partial charge in [-0.05, 0) is 18.1 Å². The zero-order chi connectivity index (χ0) is 23.1. The summed E-state index contributed by atoms with van der Waals surface area (Å²) in [5.74, 6) is 0.395. The van der Waals surface area contributed by atoms with E-state index in [2.05, 4.69) is 43.1 Å². The maximum absolute atomic E-state index is 12.7. The first kappa shape index (κ1) is 24.4. The second-order valence-electron chi connectivity index (χ2n) is 7.39. The Balaban J connectivity index is 1.57. The van der Waals surface area contributed by atoms with Crippen molar-refractivity contribution >= 4 is 56.5 Å². The number of aliphatic hydroxyl groups is 1. The molecule has 3 rings (SSSR count). The van der Waals surface area contributed by atoms with E-state index in [1.807, 2.05) is 30.0 Å². The Hall–Kier alpha value is -2.22. The van der Waals surface area contributed by atoms with Crippen LogP contribution in [0.2, 0.25) is 0 Å². The fourth-order valence-electron chi connectivity index (χ4n) is 3.38. The fourth-order valence-corrected chi connectivity index (χ4v) is 4.75. The number of halogens is 1. The molecule has 1 fully saturated rings. The van der Waals surface area contributed by atoms with Gasteiger partial charge in [-0.1, -0.05) is 52.1 Å². The summed E-state index contributed by atoms with van der Waals surface area (Å²) in [7, 11) is 0. The van der Waals surface area contributed by atoms with Crippen molar-refractivity contribution in [1.29, 1.82) is 5.41 Å². The molecular weight excluding hydrogens is 541 g/mol. The lowest BCUT2D eigenvalue weighted by Crippen LogP contribution is -2.48. The number of hydrogen-bond acceptors (Lipinski definition) is 8. The number of para-hydroxylation sites is 1. The Morgan fingerprint density at radius 3 is 2.78 bits per heavy atom. The van der Waals surface area contributed by atoms with E-state index in [4.69, 9.17) is 16.2 Å². The van der Waals surface area contributed by atoms with E-state index in [1.54, 1.807) is 6.08 Å². The van der Waals surface area contributed by atoms with Crippen LogP contribution >= 0.6 is 33.9 Å². The molecule has 2 aromatic rings. The van der Waals surface area contributed by atoms with Gasteiger partial charge in [0.1, 0.15) is 16.5 Å². The van der Waals surface area contributed by atoms with Crippen LogP contribution in [0.5, 0.6) is 0 Å². The summed E-state index contributed by atoms with van der Waals surface area (Å²) in [6.45, 7) is 5.80. The highest BCUT2D eigenvalue weighted by atomic mass is 127. The number of nitrogens with one attached hydrogen (secondary N) is 3. The highest BCUT2D eigenvalue weighted by molar-refractivity contribution is 14.1. The van der Waals surface area contributed by atoms with Gasteiger partial charge >= 0.3 is 0 Å². The monoisotopic (exact) mass is 569 g/mol. The molecule has 1 amide bonds. The van der Waals surface area contributed by atoms with Gasteiger partial charge < -0.3 is 26.4 Å². The Morgan fingerprint density at radius 1 is 1.34 bits per heavy atom. The summed E-state index contributed by atoms with van der Waals surface area (Å²) in [5.41, 5.74) is 8.98. The molecule has 0 spiro atoms. The lowest BCUT2D eigenvalue weighted by atomic mass is 10.1. The van der Waals surface area contributed by atoms with E-state index in [0.29, 0.717) is 41.3 Å². The standard InChI is InChI=1S/C21H28IN7O2S/c1-14-3-2-4-15(12-22)19(14)27-20(31)16-13-25-21(32-16)26-17(23)11-18(24)29-7-5-28(6-8-29)9-10-30/h2-4,11,13,24,30H,5-10,12,23H2,1H3,(H,25,26)(H,27,31)/b17-11+,24-18?. The number of anilines is 2. The molecule has 1 aromatic heterocycles. The van der Waals surface area contributed by atoms with Crippen molar-refractivity contribution in [3.63, 3.8) is 0 Å². The first-order valence-electron chi connectivity index (χ1n) is 10.2. The molecule has 0 bridgehead atoms. The number of hydrogen-bond donors (Lipinski definition) is 5. The second kappa shape index (κ2) is 11.6. The number of aliphatic hydroxyl groups excluding tert-OH is 1. The summed E-state index contributed by atoms with van der Waals surface area (Å²) in [5, 5.41) is 23.8. The number of benzene rings is 1. The van der Waals surface area contributed by atoms with Crippen molar-refractivity contribution in [2.24, 2.45) is 5.73 Å². The average Bonchev–Trinajstić information content (AvgIpc) is 3.24. The lowest BCUT2D eigenvalue weighted by molar-refractivity contribution is 0.103. The highest BCUT2D eigenvalue weighted by Gasteiger charge is 2.18. The number of alkyl halides is 1. The lowest BCUT2D eigenvalue weighted by Gasteiger charge is -2.35. The van der Waals surface area contributed by atoms with Crippen molar-refractivity contribution in [3.8, 4) is 0 Å². The van der Waals surface area contributed by atoms with Gasteiger partial charge in [0.2, 0.25) is 0 Å². The Bertz CT molecular complexity index is 986. The Labute approximate surface area is 205 Å². The Kier molecular flexibility index (Phi) is 8.84. The maximum atomic E-state index is 12.7. The van der Waals surface area contributed by atoms with Gasteiger partial charge in [-0.2, -0.15) is 0 Å². The molecule has 9 nitrogen and oxygen atoms in total. The number of rotatable bonds is 8. The third-order valence-corrected chi connectivity index (χ3v) is 6.88. The van der Waals surface area contributed by atoms with Gasteiger partial charge in [0.25, 0.3) is 5.91 Å². The zero-order valence-corrected chi connectivity index (χ0v) is 20.9. The van der Waals surface area contributed by atoms with Gasteiger partial charge in [-0.15, -0.1) is 0 Å². The van der Waals surface area contributed by atoms with Gasteiger partial charge in [-0.3, -0.25) is 15.1 Å². The summed E-state index contributed by atoms with van der Waals surface area (Å²) >= 11 is 3.48. The third-order valence-electron chi connectivity index (χ3n) is 5.14. The highest BCUT2D eigenvalue weighted by Crippen LogP contribution is 2.25. The van der Waals surface area contributed by atoms with Crippen molar-refractivity contribution < 1.29 is 9.90 Å². The molecule has 11 heteroatoms. The molecule has 1 aromatic carbocycles. The number of aryl methyl sites for hydroxylation is 1. The minimum absolute atomic E-state index is 0.145. The maximum Gasteiger partial charge on any atom is 0.267 e. The van der Waals surface area contributed by atoms with Gasteiger partial charge in [0, 0.05) is 48.9 Å². The fraction of sp³-hybridized carbons (Fsp3) is 0.381. The van der Waals surface area contributed by atoms with E-state index in [1.165, 1.54) is 17.5 Å². The van der Waals surface area contributed by atoms with Crippen LogP contribution in [-0.2, 0) is 4.43 Å². The number of carbonyl (C=O) groups is 1. The first-order chi connectivity index (χ1) is 15.4. The van der Waals surface area contributed by atoms with E-state index in [9.17, 15) is 4.79 Å². The van der Waals surface area contributed by atoms with Crippen LogP contribution in [0.4, 0.5) is 10.8 Å². The molecule has 0 radical (unpaired) electrons. The molecule has 2 heterocycles. The molecular formula is C21H28IN7O2S. The minimum atomic E-state index is -0.216. The number of amides is 1. The van der Waals surface area contributed by atoms with Crippen LogP contribution in [0.3, 0.4) is 0 Å². The predicted molar refractivity (Wildman–Crippen MR) is 138 cm³/mol. The molecule has 0 atom stereocenters. The summed E-state index contributed by atoms with van der Waals surface area (Å²) in [4.78, 5) is 21.5. The minimum Gasteiger partial charge on any atom is -0.395 e. The molecule has 172 valence electrons. The quantitative estimate of drug-likeness (QED) is 0.143. The van der Waals surface area contributed by atoms with E-state index < -0.39 is 0 Å². The first-order valence-corrected chi connectivity index (χ1v) is 12.6. The summed E-state index contributed by atoms with van der Waals surface area (Å²) < 4.78 is 0.800. The van der Waals surface area contributed by atoms with Crippen LogP contribution in [-0.4, -0.2) is 71.0 Å². The SMILES string of the molecule is Cc1cccc(CI)c1NC(=O)c1cnc(N/C(N)=C/C(=N)N2CCN(CCO)CC2)s1. The number of thiazole rings is 1. The van der Waals surface area contributed by atoms with E-state index >= 15 is 0 Å². The molecule has 1 aliphatic rings. The predicted octanol–water partition coefficient (Wildman–Crippen LogP) is 2.44. The number of carbonyl (C=O) groups excluding carboxylic acids is 1. The molecule has 1 aliphatic heterocycles. The molecule has 0 aliphatic carbocycles. The van der Waals surface area contributed by atoms with Crippen LogP contribution < -0.4 is 16.4 Å². The van der Waals surface area contributed by atoms with Gasteiger partial charge in [0.05, 0.1) is 12.8 Å². The van der Waals surface area contributed by atoms with E-state index in [0.717, 1.165) is 34.3 Å². The van der Waals surface area contributed by atoms with Crippen LogP contribution in [0.25, 0.3) is 0 Å². The smallest absolute Gasteiger partial charge is 0.267 e. The van der Waals surface area contributed by atoms with Crippen molar-refractivity contribution in [2.75, 3.05) is 50.0 Å². The largest absolute Gasteiger partial charge is 0.395 e. The van der Waals surface area contributed by atoms with Gasteiger partial charge in [0.15, 0.2) is 5.13 Å². The normalized spacial score (nSPS) is 15.0. The molecule has 1 saturated heterocycles. The summed E-state index contributed by atoms with van der Waals surface area (Å²) in [6, 6.07) is 5.95. The number of amidine groups is 1. The number of piperazine rings is 1. The molecule has 6 N–H and O–H groups in total. The summed E-state index contributed by atoms with van der Waals surface area (Å²) in [6.07, 6.45) is 3.08. The molecule has 0 unspecified atom stereocenters. The Morgan fingerprint density at radius 2 is 2.09 bits per heavy atom. The molecule has 32 heavy (non-hydrogen) atoms. The van der Waals surface area contributed by atoms with Gasteiger partial charge in [-0.25, -0.2) is 4.98 Å².